The first-order valence-corrected chi connectivity index (χ1v) is 7.53. The number of pyridine rings is 1. The van der Waals surface area contributed by atoms with Gasteiger partial charge in [-0.1, -0.05) is 6.07 Å². The molecule has 1 N–H and O–H groups in total. The lowest BCUT2D eigenvalue weighted by molar-refractivity contribution is 0.354. The zero-order chi connectivity index (χ0) is 15.1. The summed E-state index contributed by atoms with van der Waals surface area (Å²) in [6.45, 7) is 1.70. The zero-order valence-corrected chi connectivity index (χ0v) is 13.8. The van der Waals surface area contributed by atoms with Gasteiger partial charge in [0.2, 0.25) is 0 Å². The van der Waals surface area contributed by atoms with Crippen molar-refractivity contribution < 1.29 is 9.47 Å². The van der Waals surface area contributed by atoms with Crippen molar-refractivity contribution in [3.05, 3.63) is 52.3 Å². The minimum absolute atomic E-state index is 0.759. The summed E-state index contributed by atoms with van der Waals surface area (Å²) in [6.07, 6.45) is 4.59. The molecule has 5 heteroatoms. The molecule has 0 spiro atoms. The molecule has 0 amide bonds. The summed E-state index contributed by atoms with van der Waals surface area (Å²) < 4.78 is 11.5. The normalized spacial score (nSPS) is 10.4. The van der Waals surface area contributed by atoms with Gasteiger partial charge in [-0.15, -0.1) is 0 Å². The van der Waals surface area contributed by atoms with Gasteiger partial charge in [0, 0.05) is 23.4 Å². The molecule has 4 nitrogen and oxygen atoms in total. The van der Waals surface area contributed by atoms with Crippen LogP contribution < -0.4 is 14.8 Å². The molecule has 0 saturated heterocycles. The average molecular weight is 351 g/mol. The van der Waals surface area contributed by atoms with E-state index in [4.69, 9.17) is 9.47 Å². The van der Waals surface area contributed by atoms with Crippen LogP contribution in [0, 0.1) is 0 Å². The number of methoxy groups -OCH3 is 2. The Morgan fingerprint density at radius 2 is 1.86 bits per heavy atom. The lowest BCUT2D eigenvalue weighted by atomic mass is 10.1. The Morgan fingerprint density at radius 3 is 2.57 bits per heavy atom. The predicted octanol–water partition coefficient (Wildman–Crippen LogP) is 3.19. The van der Waals surface area contributed by atoms with Crippen LogP contribution in [-0.4, -0.2) is 25.7 Å². The highest BCUT2D eigenvalue weighted by molar-refractivity contribution is 9.10. The molecule has 0 fully saturated rings. The lowest BCUT2D eigenvalue weighted by Crippen LogP contribution is -2.16. The highest BCUT2D eigenvalue weighted by atomic mass is 79.9. The van der Waals surface area contributed by atoms with Gasteiger partial charge in [0.1, 0.15) is 0 Å². The third kappa shape index (κ3) is 4.72. The summed E-state index contributed by atoms with van der Waals surface area (Å²) in [5, 5.41) is 3.41. The van der Waals surface area contributed by atoms with Gasteiger partial charge in [0.25, 0.3) is 0 Å². The topological polar surface area (TPSA) is 43.4 Å². The quantitative estimate of drug-likeness (QED) is 0.778. The second-order valence-electron chi connectivity index (χ2n) is 4.63. The van der Waals surface area contributed by atoms with Gasteiger partial charge in [0.05, 0.1) is 14.2 Å². The van der Waals surface area contributed by atoms with Gasteiger partial charge in [-0.25, -0.2) is 0 Å². The Kier molecular flexibility index (Phi) is 6.02. The smallest absolute Gasteiger partial charge is 0.160 e. The van der Waals surface area contributed by atoms with Crippen molar-refractivity contribution in [1.29, 1.82) is 0 Å². The maximum atomic E-state index is 5.31. The molecule has 0 atom stereocenters. The highest BCUT2D eigenvalue weighted by Crippen LogP contribution is 2.27. The zero-order valence-electron chi connectivity index (χ0n) is 12.2. The first kappa shape index (κ1) is 15.8. The number of hydrogen-bond donors (Lipinski definition) is 1. The molecular weight excluding hydrogens is 332 g/mol. The molecule has 0 unspecified atom stereocenters. The molecule has 2 rings (SSSR count). The van der Waals surface area contributed by atoms with Gasteiger partial charge in [-0.05, 0) is 58.2 Å². The maximum absolute atomic E-state index is 5.31. The van der Waals surface area contributed by atoms with Gasteiger partial charge < -0.3 is 14.8 Å². The average Bonchev–Trinajstić information content (AvgIpc) is 2.51. The minimum atomic E-state index is 0.759. The van der Waals surface area contributed by atoms with Crippen molar-refractivity contribution in [2.24, 2.45) is 0 Å². The fraction of sp³-hybridized carbons (Fsp3) is 0.312. The van der Waals surface area contributed by atoms with E-state index in [1.165, 1.54) is 5.56 Å². The maximum Gasteiger partial charge on any atom is 0.160 e. The summed E-state index contributed by atoms with van der Waals surface area (Å²) in [5.74, 6) is 1.53. The highest BCUT2D eigenvalue weighted by Gasteiger charge is 2.04. The number of rotatable bonds is 7. The molecule has 0 aliphatic rings. The molecule has 0 aliphatic carbocycles. The number of benzene rings is 1. The van der Waals surface area contributed by atoms with E-state index in [1.54, 1.807) is 20.4 Å². The van der Waals surface area contributed by atoms with Gasteiger partial charge in [-0.3, -0.25) is 4.98 Å². The monoisotopic (exact) mass is 350 g/mol. The van der Waals surface area contributed by atoms with Crippen LogP contribution in [0.2, 0.25) is 0 Å². The molecule has 1 heterocycles. The Bertz CT molecular complexity index is 590. The van der Waals surface area contributed by atoms with Crippen LogP contribution in [0.25, 0.3) is 0 Å². The van der Waals surface area contributed by atoms with Crippen LogP contribution >= 0.6 is 15.9 Å². The van der Waals surface area contributed by atoms with Crippen molar-refractivity contribution >= 4 is 15.9 Å². The van der Waals surface area contributed by atoms with Crippen molar-refractivity contribution in [3.8, 4) is 11.5 Å². The molecule has 0 bridgehead atoms. The Morgan fingerprint density at radius 1 is 1.05 bits per heavy atom. The molecule has 0 radical (unpaired) electrons. The van der Waals surface area contributed by atoms with E-state index in [1.807, 2.05) is 18.3 Å². The van der Waals surface area contributed by atoms with Crippen molar-refractivity contribution in [2.45, 2.75) is 13.0 Å². The number of hydrogen-bond acceptors (Lipinski definition) is 4. The van der Waals surface area contributed by atoms with Gasteiger partial charge >= 0.3 is 0 Å². The van der Waals surface area contributed by atoms with Crippen LogP contribution in [0.1, 0.15) is 11.1 Å². The number of nitrogens with one attached hydrogen (secondary N) is 1. The van der Waals surface area contributed by atoms with E-state index in [0.29, 0.717) is 0 Å². The van der Waals surface area contributed by atoms with Crippen molar-refractivity contribution in [2.75, 3.05) is 20.8 Å². The van der Waals surface area contributed by atoms with Crippen LogP contribution in [0.5, 0.6) is 11.5 Å². The first-order chi connectivity index (χ1) is 10.2. The predicted molar refractivity (Wildman–Crippen MR) is 86.9 cm³/mol. The minimum Gasteiger partial charge on any atom is -0.493 e. The molecule has 1 aromatic carbocycles. The summed E-state index contributed by atoms with van der Waals surface area (Å²) in [6, 6.07) is 8.08. The largest absolute Gasteiger partial charge is 0.493 e. The standard InChI is InChI=1S/C16H19BrN2O2/c1-20-15-4-3-12(8-16(15)21-2)5-6-18-9-13-7-14(17)11-19-10-13/h3-4,7-8,10-11,18H,5-6,9H2,1-2H3. The summed E-state index contributed by atoms with van der Waals surface area (Å²) in [4.78, 5) is 4.15. The van der Waals surface area contributed by atoms with Crippen LogP contribution in [0.15, 0.2) is 41.1 Å². The van der Waals surface area contributed by atoms with E-state index in [0.717, 1.165) is 41.0 Å². The molecule has 1 aromatic heterocycles. The molecular formula is C16H19BrN2O2. The number of nitrogens with zero attached hydrogens (tertiary/aromatic N) is 1. The van der Waals surface area contributed by atoms with E-state index in [2.05, 4.69) is 38.4 Å². The van der Waals surface area contributed by atoms with Crippen LogP contribution in [0.3, 0.4) is 0 Å². The van der Waals surface area contributed by atoms with E-state index >= 15 is 0 Å². The van der Waals surface area contributed by atoms with Crippen molar-refractivity contribution in [1.82, 2.24) is 10.3 Å². The first-order valence-electron chi connectivity index (χ1n) is 6.74. The molecule has 0 aliphatic heterocycles. The second-order valence-corrected chi connectivity index (χ2v) is 5.54. The fourth-order valence-electron chi connectivity index (χ4n) is 2.05. The molecule has 2 aromatic rings. The third-order valence-corrected chi connectivity index (χ3v) is 3.56. The molecule has 0 saturated carbocycles. The number of aromatic nitrogens is 1. The molecule has 21 heavy (non-hydrogen) atoms. The summed E-state index contributed by atoms with van der Waals surface area (Å²) in [5.41, 5.74) is 2.38. The van der Waals surface area contributed by atoms with Crippen LogP contribution in [0.4, 0.5) is 0 Å². The Labute approximate surface area is 133 Å². The SMILES string of the molecule is COc1ccc(CCNCc2cncc(Br)c2)cc1OC. The molecule has 112 valence electrons. The summed E-state index contributed by atoms with van der Waals surface area (Å²) in [7, 11) is 3.30. The third-order valence-electron chi connectivity index (χ3n) is 3.13. The Hall–Kier alpha value is -1.59. The fourth-order valence-corrected chi connectivity index (χ4v) is 2.47. The summed E-state index contributed by atoms with van der Waals surface area (Å²) >= 11 is 3.42. The van der Waals surface area contributed by atoms with Crippen molar-refractivity contribution in [3.63, 3.8) is 0 Å². The van der Waals surface area contributed by atoms with Gasteiger partial charge in [-0.2, -0.15) is 0 Å². The van der Waals surface area contributed by atoms with E-state index in [-0.39, 0.29) is 0 Å². The van der Waals surface area contributed by atoms with Gasteiger partial charge in [0.15, 0.2) is 11.5 Å². The lowest BCUT2D eigenvalue weighted by Gasteiger charge is -2.10. The van der Waals surface area contributed by atoms with E-state index < -0.39 is 0 Å². The second kappa shape index (κ2) is 8.00. The number of ether oxygens (including phenoxy) is 2. The number of halogens is 1. The Balaban J connectivity index is 1.83. The van der Waals surface area contributed by atoms with E-state index in [9.17, 15) is 0 Å². The van der Waals surface area contributed by atoms with Crippen LogP contribution in [-0.2, 0) is 13.0 Å².